The minimum absolute atomic E-state index is 0.546. The van der Waals surface area contributed by atoms with Crippen molar-refractivity contribution in [1.82, 2.24) is 0 Å². The Hall–Kier alpha value is -0.663. The zero-order valence-corrected chi connectivity index (χ0v) is 13.3. The van der Waals surface area contributed by atoms with Gasteiger partial charge >= 0.3 is 0 Å². The van der Waals surface area contributed by atoms with Gasteiger partial charge in [-0.15, -0.1) is 17.4 Å². The summed E-state index contributed by atoms with van der Waals surface area (Å²) < 4.78 is 0. The molecule has 1 aliphatic rings. The van der Waals surface area contributed by atoms with E-state index in [4.69, 9.17) is 0 Å². The van der Waals surface area contributed by atoms with Gasteiger partial charge in [0.15, 0.2) is 0 Å². The molecular formula is C16H26Si. The largest absolute Gasteiger partial charge is 0.136 e. The average molecular weight is 246 g/mol. The van der Waals surface area contributed by atoms with Crippen LogP contribution >= 0.6 is 0 Å². The Labute approximate surface area is 109 Å². The summed E-state index contributed by atoms with van der Waals surface area (Å²) in [7, 11) is -0.745. The first-order valence-electron chi connectivity index (χ1n) is 6.90. The van der Waals surface area contributed by atoms with Crippen molar-refractivity contribution in [1.29, 1.82) is 0 Å². The van der Waals surface area contributed by atoms with Crippen molar-refractivity contribution in [3.05, 3.63) is 0 Å². The van der Waals surface area contributed by atoms with Crippen LogP contribution in [0.15, 0.2) is 0 Å². The molecule has 1 rings (SSSR count). The van der Waals surface area contributed by atoms with E-state index in [0.29, 0.717) is 17.8 Å². The Kier molecular flexibility index (Phi) is 5.35. The third-order valence-corrected chi connectivity index (χ3v) is 4.70. The highest BCUT2D eigenvalue weighted by Gasteiger charge is 2.37. The molecule has 0 N–H and O–H groups in total. The molecule has 0 nitrogen and oxygen atoms in total. The smallest absolute Gasteiger partial charge is 0.116 e. The summed E-state index contributed by atoms with van der Waals surface area (Å²) in [5, 5.41) is 0. The van der Waals surface area contributed by atoms with Crippen molar-refractivity contribution in [3.63, 3.8) is 0 Å². The van der Waals surface area contributed by atoms with Gasteiger partial charge in [-0.25, -0.2) is 0 Å². The lowest BCUT2D eigenvalue weighted by atomic mass is 9.64. The molecule has 1 aliphatic carbocycles. The Morgan fingerprint density at radius 2 is 1.47 bits per heavy atom. The molecule has 0 aliphatic heterocycles. The van der Waals surface area contributed by atoms with Crippen LogP contribution in [0.25, 0.3) is 0 Å². The number of hydrogen-bond donors (Lipinski definition) is 0. The summed E-state index contributed by atoms with van der Waals surface area (Å²) in [5.41, 5.74) is 3.49. The Balaban J connectivity index is 2.89. The van der Waals surface area contributed by atoms with Crippen LogP contribution in [0.5, 0.6) is 0 Å². The van der Waals surface area contributed by atoms with E-state index in [1.54, 1.807) is 0 Å². The lowest BCUT2D eigenvalue weighted by Gasteiger charge is -2.39. The third kappa shape index (κ3) is 3.65. The van der Waals surface area contributed by atoms with Crippen LogP contribution < -0.4 is 0 Å². The van der Waals surface area contributed by atoms with Gasteiger partial charge in [-0.05, 0) is 31.1 Å². The van der Waals surface area contributed by atoms with Crippen molar-refractivity contribution >= 4 is 8.80 Å². The minimum atomic E-state index is -0.745. The zero-order valence-electron chi connectivity index (χ0n) is 12.2. The lowest BCUT2D eigenvalue weighted by molar-refractivity contribution is 0.133. The topological polar surface area (TPSA) is 0 Å². The molecule has 0 aromatic rings. The molecule has 94 valence electrons. The fraction of sp³-hybridized carbons (Fsp3) is 0.750. The second-order valence-electron chi connectivity index (χ2n) is 5.94. The maximum absolute atomic E-state index is 3.57. The molecule has 1 heteroatoms. The van der Waals surface area contributed by atoms with Gasteiger partial charge in [-0.1, -0.05) is 39.8 Å². The molecule has 0 amide bonds. The van der Waals surface area contributed by atoms with Gasteiger partial charge in [0.2, 0.25) is 0 Å². The van der Waals surface area contributed by atoms with Crippen molar-refractivity contribution in [2.24, 2.45) is 29.6 Å². The van der Waals surface area contributed by atoms with E-state index in [9.17, 15) is 0 Å². The van der Waals surface area contributed by atoms with Crippen molar-refractivity contribution in [2.75, 3.05) is 0 Å². The first kappa shape index (κ1) is 14.4. The molecule has 0 saturated heterocycles. The second-order valence-corrected chi connectivity index (χ2v) is 8.54. The van der Waals surface area contributed by atoms with Crippen molar-refractivity contribution in [2.45, 2.75) is 47.2 Å². The highest BCUT2D eigenvalue weighted by Crippen LogP contribution is 2.41. The maximum Gasteiger partial charge on any atom is 0.116 e. The molecule has 0 spiro atoms. The van der Waals surface area contributed by atoms with E-state index in [2.05, 4.69) is 57.2 Å². The Morgan fingerprint density at radius 3 is 1.94 bits per heavy atom. The fourth-order valence-corrected chi connectivity index (χ4v) is 3.64. The van der Waals surface area contributed by atoms with Gasteiger partial charge in [0.25, 0.3) is 0 Å². The maximum atomic E-state index is 3.57. The summed E-state index contributed by atoms with van der Waals surface area (Å²) in [6.45, 7) is 13.6. The van der Waals surface area contributed by atoms with Crippen molar-refractivity contribution in [3.8, 4) is 23.3 Å². The van der Waals surface area contributed by atoms with Crippen LogP contribution in [0.4, 0.5) is 0 Å². The normalized spacial score (nSPS) is 36.8. The van der Waals surface area contributed by atoms with Crippen molar-refractivity contribution < 1.29 is 0 Å². The van der Waals surface area contributed by atoms with Gasteiger partial charge in [0.05, 0.1) is 0 Å². The average Bonchev–Trinajstić information content (AvgIpc) is 2.23. The van der Waals surface area contributed by atoms with Gasteiger partial charge < -0.3 is 0 Å². The van der Waals surface area contributed by atoms with E-state index < -0.39 is 8.80 Å². The predicted molar refractivity (Wildman–Crippen MR) is 79.2 cm³/mol. The fourth-order valence-electron chi connectivity index (χ4n) is 3.12. The summed E-state index contributed by atoms with van der Waals surface area (Å²) in [5.74, 6) is 13.3. The molecule has 0 aromatic carbocycles. The van der Waals surface area contributed by atoms with Gasteiger partial charge in [0.1, 0.15) is 8.80 Å². The first-order valence-corrected chi connectivity index (χ1v) is 9.79. The summed E-state index contributed by atoms with van der Waals surface area (Å²) >= 11 is 0. The second kappa shape index (κ2) is 6.32. The van der Waals surface area contributed by atoms with Crippen LogP contribution in [0.3, 0.4) is 0 Å². The predicted octanol–water partition coefficient (Wildman–Crippen LogP) is 3.58. The first-order chi connectivity index (χ1) is 7.97. The highest BCUT2D eigenvalue weighted by atomic mass is 28.3. The zero-order chi connectivity index (χ0) is 13.0. The highest BCUT2D eigenvalue weighted by molar-refractivity contribution is 6.64. The summed E-state index contributed by atoms with van der Waals surface area (Å²) in [6, 6.07) is 0. The molecule has 17 heavy (non-hydrogen) atoms. The monoisotopic (exact) mass is 246 g/mol. The molecule has 1 saturated carbocycles. The molecule has 0 radical (unpaired) electrons. The Bertz CT molecular complexity index is 360. The molecule has 5 atom stereocenters. The van der Waals surface area contributed by atoms with Crippen LogP contribution in [0.2, 0.25) is 13.1 Å². The van der Waals surface area contributed by atoms with Crippen LogP contribution in [-0.2, 0) is 0 Å². The third-order valence-electron chi connectivity index (χ3n) is 3.95. The summed E-state index contributed by atoms with van der Waals surface area (Å²) in [4.78, 5) is 0. The quantitative estimate of drug-likeness (QED) is 0.453. The SMILES string of the molecule is CC#CC1C(C)CC(C)C(C#C[SiH](C)C)C1C. The molecular weight excluding hydrogens is 220 g/mol. The Morgan fingerprint density at radius 1 is 0.941 bits per heavy atom. The van der Waals surface area contributed by atoms with E-state index >= 15 is 0 Å². The lowest BCUT2D eigenvalue weighted by Crippen LogP contribution is -2.35. The van der Waals surface area contributed by atoms with Gasteiger partial charge in [-0.2, -0.15) is 0 Å². The van der Waals surface area contributed by atoms with E-state index in [1.807, 2.05) is 6.92 Å². The molecule has 0 aromatic heterocycles. The number of hydrogen-bond acceptors (Lipinski definition) is 0. The minimum Gasteiger partial charge on any atom is -0.136 e. The van der Waals surface area contributed by atoms with Crippen LogP contribution in [0, 0.1) is 52.9 Å². The summed E-state index contributed by atoms with van der Waals surface area (Å²) in [6.07, 6.45) is 1.28. The molecule has 0 heterocycles. The van der Waals surface area contributed by atoms with Crippen LogP contribution in [0.1, 0.15) is 34.1 Å². The van der Waals surface area contributed by atoms with E-state index in [1.165, 1.54) is 6.42 Å². The molecule has 5 unspecified atom stereocenters. The molecule has 1 fully saturated rings. The number of rotatable bonds is 0. The van der Waals surface area contributed by atoms with E-state index in [0.717, 1.165) is 11.8 Å². The standard InChI is InChI=1S/C16H26Si/c1-7-8-15-12(2)11-13(3)16(14(15)4)9-10-17(5)6/h12-17H,11H2,1-6H3. The van der Waals surface area contributed by atoms with Crippen LogP contribution in [-0.4, -0.2) is 8.80 Å². The van der Waals surface area contributed by atoms with Gasteiger partial charge in [0, 0.05) is 11.8 Å². The van der Waals surface area contributed by atoms with E-state index in [-0.39, 0.29) is 0 Å². The molecule has 0 bridgehead atoms. The van der Waals surface area contributed by atoms with Gasteiger partial charge in [-0.3, -0.25) is 0 Å².